The fraction of sp³-hybridized carbons (Fsp3) is 0. The highest BCUT2D eigenvalue weighted by molar-refractivity contribution is 5.52. The van der Waals surface area contributed by atoms with E-state index in [0.29, 0.717) is 0 Å². The maximum atomic E-state index is 8.20. The molecule has 0 rings (SSSR count). The van der Waals surface area contributed by atoms with Crippen LogP contribution >= 0.6 is 0 Å². The summed E-state index contributed by atoms with van der Waals surface area (Å²) in [5.74, 6) is 140. The lowest BCUT2D eigenvalue weighted by molar-refractivity contribution is 1.55. The molecule has 0 heterocycles. The average molecular weight is 724 g/mol. The summed E-state index contributed by atoms with van der Waals surface area (Å²) in [7, 11) is 0. The average Bonchev–Trinajstić information content (AvgIpc) is 3.26. The topological polar surface area (TPSA) is 23.8 Å². The third-order valence-corrected chi connectivity index (χ3v) is 3.57. The lowest BCUT2D eigenvalue weighted by Crippen LogP contribution is -1.57. The van der Waals surface area contributed by atoms with Crippen LogP contribution in [0.2, 0.25) is 0 Å². The van der Waals surface area contributed by atoms with Crippen molar-refractivity contribution in [1.29, 1.82) is 5.26 Å². The van der Waals surface area contributed by atoms with Crippen molar-refractivity contribution in [3.8, 4) is 350 Å². The molecule has 0 unspecified atom stereocenters. The zero-order chi connectivity index (χ0) is 43.0. The second kappa shape index (κ2) is 45.7. The summed E-state index contributed by atoms with van der Waals surface area (Å²) in [4.78, 5) is 0. The van der Waals surface area contributed by atoms with Gasteiger partial charge in [-0.25, -0.2) is 0 Å². The van der Waals surface area contributed by atoms with Crippen molar-refractivity contribution in [3.05, 3.63) is 0 Å². The number of hydrogen-bond donors (Lipinski definition) is 0. The lowest BCUT2D eigenvalue weighted by atomic mass is 10.4. The van der Waals surface area contributed by atoms with Crippen LogP contribution in [0.4, 0.5) is 0 Å². The first-order valence-electron chi connectivity index (χ1n) is 14.8. The summed E-state index contributed by atoms with van der Waals surface area (Å²) < 4.78 is 0. The van der Waals surface area contributed by atoms with Gasteiger partial charge in [-0.2, -0.15) is 5.26 Å². The molecular weight excluding hydrogens is 723 g/mol. The van der Waals surface area contributed by atoms with Gasteiger partial charge in [-0.15, -0.1) is 6.42 Å². The van der Waals surface area contributed by atoms with Crippen LogP contribution < -0.4 is 0 Å². The van der Waals surface area contributed by atoms with Gasteiger partial charge in [-0.3, -0.25) is 0 Å². The Morgan fingerprint density at radius 3 is 0.300 bits per heavy atom. The quantitative estimate of drug-likeness (QED) is 0.329. The second-order valence-corrected chi connectivity index (χ2v) is 7.26. The van der Waals surface area contributed by atoms with E-state index in [-0.39, 0.29) is 0 Å². The molecule has 0 aliphatic rings. The Kier molecular flexibility index (Phi) is 35.6. The van der Waals surface area contributed by atoms with Crippen molar-refractivity contribution in [2.75, 3.05) is 0 Å². The fourth-order valence-electron chi connectivity index (χ4n) is 1.75. The molecule has 0 radical (unpaired) electrons. The summed E-state index contributed by atoms with van der Waals surface area (Å²) in [6.45, 7) is 0. The Hall–Kier alpha value is -13.3. The Bertz CT molecular complexity index is 3570. The number of terminal acetylenes is 1. The zero-order valence-electron chi connectivity index (χ0n) is 30.0. The smallest absolute Gasteiger partial charge is 0.153 e. The van der Waals surface area contributed by atoms with E-state index in [9.17, 15) is 0 Å². The minimum Gasteiger partial charge on any atom is -0.183 e. The monoisotopic (exact) mass is 723 g/mol. The van der Waals surface area contributed by atoms with E-state index in [1.54, 1.807) is 6.07 Å². The van der Waals surface area contributed by atoms with Gasteiger partial charge in [0.05, 0.1) is 0 Å². The molecule has 0 aromatic heterocycles. The van der Waals surface area contributed by atoms with Crippen molar-refractivity contribution < 1.29 is 0 Å². The number of nitriles is 1. The number of nitrogens with zero attached hydrogens (tertiary/aromatic N) is 1. The van der Waals surface area contributed by atoms with Gasteiger partial charge in [0.15, 0.2) is 6.07 Å². The van der Waals surface area contributed by atoms with Crippen LogP contribution in [-0.4, -0.2) is 0 Å². The van der Waals surface area contributed by atoms with Crippen molar-refractivity contribution in [2.24, 2.45) is 0 Å². The summed E-state index contributed by atoms with van der Waals surface area (Å²) in [6, 6.07) is 1.62. The van der Waals surface area contributed by atoms with E-state index < -0.39 is 0 Å². The van der Waals surface area contributed by atoms with Crippen molar-refractivity contribution in [2.45, 2.75) is 0 Å². The van der Waals surface area contributed by atoms with E-state index in [1.165, 1.54) is 0 Å². The predicted molar refractivity (Wildman–Crippen MR) is 232 cm³/mol. The Morgan fingerprint density at radius 1 is 0.133 bits per heavy atom. The van der Waals surface area contributed by atoms with Crippen LogP contribution in [0.15, 0.2) is 0 Å². The second-order valence-electron chi connectivity index (χ2n) is 7.26. The SMILES string of the molecule is C#CC#CC#CC#CC#CC#CC#CC#CC#CC#CC#CC#CC#CC#CC#CC#CC#CC#CC#CC#CC#CC#CC#CC#CC#CC#CC#CC#CC#CC#N. The standard InChI is InChI=1S/C59HN/c1-2-3-4-5-6-7-8-9-10-11-12-13-14-15-16-17-18-19-20-21-22-23-24-25-26-27-28-29-30-31-32-33-34-35-36-37-38-39-40-41-42-43-44-45-46-47-48-49-50-51-52-53-54-55-56-57-58-59-60/h1H. The molecule has 0 saturated carbocycles. The third-order valence-electron chi connectivity index (χ3n) is 3.57. The highest BCUT2D eigenvalue weighted by atomic mass is 14.2. The molecule has 1 heteroatoms. The van der Waals surface area contributed by atoms with Crippen LogP contribution in [0, 0.1) is 355 Å². The maximum absolute atomic E-state index is 8.20. The van der Waals surface area contributed by atoms with Gasteiger partial charge >= 0.3 is 0 Å². The molecule has 0 aromatic carbocycles. The van der Waals surface area contributed by atoms with Crippen molar-refractivity contribution >= 4 is 0 Å². The van der Waals surface area contributed by atoms with E-state index in [1.807, 2.05) is 0 Å². The van der Waals surface area contributed by atoms with Gasteiger partial charge in [0.2, 0.25) is 0 Å². The molecule has 0 aliphatic carbocycles. The van der Waals surface area contributed by atoms with Crippen LogP contribution in [0.1, 0.15) is 0 Å². The molecular formula is C59HN. The fourth-order valence-corrected chi connectivity index (χ4v) is 1.75. The van der Waals surface area contributed by atoms with Crippen LogP contribution in [0.3, 0.4) is 0 Å². The molecule has 0 spiro atoms. The highest BCUT2D eigenvalue weighted by Crippen LogP contribution is 1.63. The van der Waals surface area contributed by atoms with E-state index in [2.05, 4.69) is 337 Å². The van der Waals surface area contributed by atoms with E-state index in [4.69, 9.17) is 11.7 Å². The number of hydrogen-bond acceptors (Lipinski definition) is 1. The lowest BCUT2D eigenvalue weighted by Gasteiger charge is -1.57. The van der Waals surface area contributed by atoms with Crippen LogP contribution in [0.5, 0.6) is 0 Å². The summed E-state index contributed by atoms with van der Waals surface area (Å²) >= 11 is 0. The molecule has 0 saturated heterocycles. The molecule has 0 bridgehead atoms. The Morgan fingerprint density at radius 2 is 0.217 bits per heavy atom. The van der Waals surface area contributed by atoms with Gasteiger partial charge in [0.1, 0.15) is 0 Å². The molecule has 242 valence electrons. The molecule has 0 N–H and O–H groups in total. The largest absolute Gasteiger partial charge is 0.183 e. The molecule has 0 amide bonds. The normalized spacial score (nSPS) is 3.90. The summed E-state index contributed by atoms with van der Waals surface area (Å²) in [5, 5.41) is 8.20. The Balaban J connectivity index is 4.59. The molecule has 60 heavy (non-hydrogen) atoms. The van der Waals surface area contributed by atoms with Gasteiger partial charge in [-0.05, 0) is 47.4 Å². The first-order valence-corrected chi connectivity index (χ1v) is 14.8. The van der Waals surface area contributed by atoms with Crippen molar-refractivity contribution in [1.82, 2.24) is 0 Å². The first kappa shape index (κ1) is 46.7. The molecule has 0 aliphatic heterocycles. The van der Waals surface area contributed by atoms with Crippen LogP contribution in [-0.2, 0) is 0 Å². The van der Waals surface area contributed by atoms with Crippen LogP contribution in [0.25, 0.3) is 0 Å². The van der Waals surface area contributed by atoms with Gasteiger partial charge in [0, 0.05) is 290 Å². The van der Waals surface area contributed by atoms with Gasteiger partial charge in [0.25, 0.3) is 0 Å². The molecule has 0 fully saturated rings. The number of rotatable bonds is 0. The molecule has 0 atom stereocenters. The first-order chi connectivity index (χ1) is 29.9. The molecule has 0 aromatic rings. The van der Waals surface area contributed by atoms with E-state index >= 15 is 0 Å². The Labute approximate surface area is 353 Å². The minimum atomic E-state index is 1.62. The van der Waals surface area contributed by atoms with Gasteiger partial charge < -0.3 is 0 Å². The summed E-state index contributed by atoms with van der Waals surface area (Å²) in [5.41, 5.74) is 0. The van der Waals surface area contributed by atoms with E-state index in [0.717, 1.165) is 0 Å². The van der Waals surface area contributed by atoms with Gasteiger partial charge in [-0.1, -0.05) is 0 Å². The summed E-state index contributed by atoms with van der Waals surface area (Å²) in [6.07, 6.45) is 4.94. The maximum Gasteiger partial charge on any atom is 0.153 e. The van der Waals surface area contributed by atoms with Crippen molar-refractivity contribution in [3.63, 3.8) is 0 Å². The third kappa shape index (κ3) is 44.7. The molecule has 1 nitrogen and oxygen atoms in total. The minimum absolute atomic E-state index is 1.62. The highest BCUT2D eigenvalue weighted by Gasteiger charge is 1.63. The predicted octanol–water partition coefficient (Wildman–Crippen LogP) is 0.238. The zero-order valence-corrected chi connectivity index (χ0v) is 30.0.